The molecule has 0 aliphatic rings. The van der Waals surface area contributed by atoms with Gasteiger partial charge in [-0.2, -0.15) is 26.3 Å². The number of hydrogen-bond acceptors (Lipinski definition) is 4. The van der Waals surface area contributed by atoms with Crippen molar-refractivity contribution in [2.24, 2.45) is 0 Å². The largest absolute Gasteiger partial charge is 2.00 e. The predicted molar refractivity (Wildman–Crippen MR) is 229 cm³/mol. The van der Waals surface area contributed by atoms with Crippen LogP contribution in [0.2, 0.25) is 0 Å². The molecule has 0 radical (unpaired) electrons. The van der Waals surface area contributed by atoms with Gasteiger partial charge in [0.25, 0.3) is 0 Å². The summed E-state index contributed by atoms with van der Waals surface area (Å²) < 4.78 is 63.1. The third-order valence-corrected chi connectivity index (χ3v) is 14.9. The van der Waals surface area contributed by atoms with Crippen LogP contribution in [-0.4, -0.2) is 24.3 Å². The van der Waals surface area contributed by atoms with Crippen molar-refractivity contribution in [3.8, 4) is 11.1 Å². The number of hydrogen-bond donors (Lipinski definition) is 0. The minimum Gasteiger partial charge on any atom is -0.542 e. The second-order valence-electron chi connectivity index (χ2n) is 13.2. The SMILES string of the molecule is O=C([O-])C(F)(F)F.O=C([O-])C(F)(F)F.[Ru+2].c1ccc([PH+](c2ccccc2)c2ccc3ccccc3c2-c2c([PH+](c3ccccc3)c3ccccc3)ccc3ccccc23)cc1. The van der Waals surface area contributed by atoms with Gasteiger partial charge in [-0.05, 0) is 82.2 Å². The number of alkyl halides is 6. The average molecular weight is 952 g/mol. The van der Waals surface area contributed by atoms with E-state index in [1.165, 1.54) is 64.5 Å². The molecule has 0 heterocycles. The van der Waals surface area contributed by atoms with Gasteiger partial charge in [-0.15, -0.1) is 0 Å². The van der Waals surface area contributed by atoms with E-state index >= 15 is 0 Å². The van der Waals surface area contributed by atoms with Crippen LogP contribution >= 0.6 is 15.8 Å². The number of fused-ring (bicyclic) bond motifs is 2. The van der Waals surface area contributed by atoms with Crippen LogP contribution in [0.25, 0.3) is 32.7 Å². The summed E-state index contributed by atoms with van der Waals surface area (Å²) in [6.45, 7) is 0. The maximum Gasteiger partial charge on any atom is 2.00 e. The fraction of sp³-hybridized carbons (Fsp3) is 0.0417. The Morgan fingerprint density at radius 1 is 0.361 bits per heavy atom. The van der Waals surface area contributed by atoms with Crippen molar-refractivity contribution < 1.29 is 65.6 Å². The van der Waals surface area contributed by atoms with Gasteiger partial charge >= 0.3 is 31.8 Å². The number of rotatable bonds is 7. The Morgan fingerprint density at radius 2 is 0.590 bits per heavy atom. The molecule has 0 bridgehead atoms. The molecule has 308 valence electrons. The van der Waals surface area contributed by atoms with E-state index in [1.807, 2.05) is 0 Å². The van der Waals surface area contributed by atoms with Gasteiger partial charge in [-0.3, -0.25) is 0 Å². The molecule has 0 amide bonds. The molecule has 0 aliphatic carbocycles. The van der Waals surface area contributed by atoms with Gasteiger partial charge in [0.1, 0.15) is 43.8 Å². The molecule has 0 saturated carbocycles. The van der Waals surface area contributed by atoms with Crippen molar-refractivity contribution in [1.82, 2.24) is 0 Å². The van der Waals surface area contributed by atoms with Gasteiger partial charge in [-0.25, -0.2) is 0 Å². The first kappa shape index (κ1) is 46.4. The molecule has 0 spiro atoms. The summed E-state index contributed by atoms with van der Waals surface area (Å²) in [5, 5.41) is 31.2. The molecule has 0 N–H and O–H groups in total. The normalized spacial score (nSPS) is 11.2. The van der Waals surface area contributed by atoms with Crippen LogP contribution in [0.5, 0.6) is 0 Å². The number of carbonyl (C=O) groups excluding carboxylic acids is 2. The Hall–Kier alpha value is -5.72. The van der Waals surface area contributed by atoms with Gasteiger partial charge in [0.05, 0.1) is 15.8 Å². The summed E-state index contributed by atoms with van der Waals surface area (Å²) in [6.07, 6.45) is -10.4. The Morgan fingerprint density at radius 3 is 0.836 bits per heavy atom. The molecular weight excluding hydrogens is 918 g/mol. The second kappa shape index (κ2) is 20.7. The van der Waals surface area contributed by atoms with E-state index in [1.54, 1.807) is 0 Å². The van der Waals surface area contributed by atoms with Crippen molar-refractivity contribution in [3.05, 3.63) is 194 Å². The molecule has 0 fully saturated rings. The zero-order valence-electron chi connectivity index (χ0n) is 31.7. The zero-order chi connectivity index (χ0) is 42.9. The van der Waals surface area contributed by atoms with E-state index in [4.69, 9.17) is 19.8 Å². The Balaban J connectivity index is 0.000000407. The summed E-state index contributed by atoms with van der Waals surface area (Å²) >= 11 is 0. The van der Waals surface area contributed by atoms with E-state index in [0.29, 0.717) is 0 Å². The van der Waals surface area contributed by atoms with Gasteiger partial charge < -0.3 is 19.8 Å². The first-order chi connectivity index (χ1) is 28.8. The summed E-state index contributed by atoms with van der Waals surface area (Å²) in [5.74, 6) is -6.01. The van der Waals surface area contributed by atoms with Crippen LogP contribution in [0.3, 0.4) is 0 Å². The summed E-state index contributed by atoms with van der Waals surface area (Å²) in [4.78, 5) is 17.6. The summed E-state index contributed by atoms with van der Waals surface area (Å²) in [6, 6.07) is 72.2. The maximum absolute atomic E-state index is 10.5. The number of carboxylic acid groups (broad SMARTS) is 2. The molecule has 8 aromatic rings. The van der Waals surface area contributed by atoms with Crippen LogP contribution in [0.4, 0.5) is 26.3 Å². The van der Waals surface area contributed by atoms with E-state index in [-0.39, 0.29) is 19.5 Å². The smallest absolute Gasteiger partial charge is 0.542 e. The number of carboxylic acids is 2. The minimum absolute atomic E-state index is 0. The topological polar surface area (TPSA) is 80.3 Å². The quantitative estimate of drug-likeness (QED) is 0.0960. The molecule has 0 aromatic heterocycles. The number of benzene rings is 8. The van der Waals surface area contributed by atoms with Gasteiger partial charge in [-0.1, -0.05) is 133 Å². The molecule has 0 atom stereocenters. The van der Waals surface area contributed by atoms with Crippen molar-refractivity contribution in [3.63, 3.8) is 0 Å². The number of carbonyl (C=O) groups is 2. The monoisotopic (exact) mass is 952 g/mol. The van der Waals surface area contributed by atoms with Crippen molar-refractivity contribution in [2.45, 2.75) is 12.4 Å². The van der Waals surface area contributed by atoms with Gasteiger partial charge in [0.2, 0.25) is 0 Å². The van der Waals surface area contributed by atoms with E-state index in [0.717, 1.165) is 0 Å². The van der Waals surface area contributed by atoms with E-state index < -0.39 is 40.1 Å². The molecular formula is C48H34F6O4P2Ru+2. The molecule has 13 heteroatoms. The number of halogens is 6. The Labute approximate surface area is 362 Å². The fourth-order valence-electron chi connectivity index (χ4n) is 6.87. The Bertz CT molecular complexity index is 2440. The molecule has 8 aromatic carbocycles. The molecule has 0 saturated heterocycles. The van der Waals surface area contributed by atoms with E-state index in [2.05, 4.69) is 194 Å². The van der Waals surface area contributed by atoms with Crippen molar-refractivity contribution >= 4 is 81.2 Å². The van der Waals surface area contributed by atoms with Crippen molar-refractivity contribution in [1.29, 1.82) is 0 Å². The van der Waals surface area contributed by atoms with Gasteiger partial charge in [0.15, 0.2) is 0 Å². The minimum atomic E-state index is -5.19. The summed E-state index contributed by atoms with van der Waals surface area (Å²) in [5.41, 5.74) is 2.75. The second-order valence-corrected chi connectivity index (χ2v) is 18.1. The van der Waals surface area contributed by atoms with Crippen LogP contribution in [-0.2, 0) is 29.1 Å². The van der Waals surface area contributed by atoms with Crippen LogP contribution in [0, 0.1) is 0 Å². The third kappa shape index (κ3) is 11.4. The molecule has 0 aliphatic heterocycles. The van der Waals surface area contributed by atoms with Crippen LogP contribution < -0.4 is 42.0 Å². The number of aliphatic carboxylic acids is 2. The predicted octanol–water partition coefficient (Wildman–Crippen LogP) is 7.24. The standard InChI is InChI=1S/C44H32P2.2C2HF3O2.Ru/c1-5-19-35(20-6-1)45(36-21-7-2-8-22-36)41-31-29-33-17-13-15-27-39(33)43(41)44-40-28-16-14-18-34(40)30-32-42(44)46(37-23-9-3-10-24-37)38-25-11-4-12-26-38;2*3-2(4,5)1(6)7;/h1-32H;2*(H,6,7);/q;;;+2. The molecule has 0 unspecified atom stereocenters. The first-order valence-electron chi connectivity index (χ1n) is 18.3. The third-order valence-electron chi connectivity index (χ3n) is 9.36. The van der Waals surface area contributed by atoms with E-state index in [9.17, 15) is 26.3 Å². The van der Waals surface area contributed by atoms with Crippen molar-refractivity contribution in [2.75, 3.05) is 0 Å². The average Bonchev–Trinajstić information content (AvgIpc) is 3.25. The maximum atomic E-state index is 10.5. The first-order valence-corrected chi connectivity index (χ1v) is 21.3. The van der Waals surface area contributed by atoms with Crippen LogP contribution in [0.1, 0.15) is 0 Å². The molecule has 61 heavy (non-hydrogen) atoms. The van der Waals surface area contributed by atoms with Gasteiger partial charge in [0, 0.05) is 11.1 Å². The summed E-state index contributed by atoms with van der Waals surface area (Å²) in [7, 11) is -2.74. The zero-order valence-corrected chi connectivity index (χ0v) is 35.5. The molecule has 8 rings (SSSR count). The molecule has 4 nitrogen and oxygen atoms in total. The fourth-order valence-corrected chi connectivity index (χ4v) is 12.4. The Kier molecular flexibility index (Phi) is 15.7. The van der Waals surface area contributed by atoms with Crippen LogP contribution in [0.15, 0.2) is 194 Å².